The van der Waals surface area contributed by atoms with Crippen molar-refractivity contribution in [2.45, 2.75) is 65.2 Å². The van der Waals surface area contributed by atoms with E-state index in [0.29, 0.717) is 29.6 Å². The Morgan fingerprint density at radius 2 is 2.09 bits per heavy atom. The molecule has 0 aliphatic heterocycles. The zero-order chi connectivity index (χ0) is 16.2. The van der Waals surface area contributed by atoms with Crippen molar-refractivity contribution in [2.75, 3.05) is 6.61 Å². The lowest BCUT2D eigenvalue weighted by Gasteiger charge is -2.56. The minimum Gasteiger partial charge on any atom is -0.396 e. The van der Waals surface area contributed by atoms with Gasteiger partial charge in [-0.25, -0.2) is 0 Å². The van der Waals surface area contributed by atoms with E-state index in [1.165, 1.54) is 44.1 Å². The van der Waals surface area contributed by atoms with Gasteiger partial charge < -0.3 is 5.11 Å². The molecule has 1 N–H and O–H groups in total. The molecule has 128 valence electrons. The molecule has 0 spiro atoms. The molecule has 4 aliphatic carbocycles. The number of carbonyl (C=O) groups excluding carboxylic acids is 1. The minimum atomic E-state index is 0.367. The highest BCUT2D eigenvalue weighted by atomic mass is 16.3. The number of hydrogen-bond acceptors (Lipinski definition) is 2. The summed E-state index contributed by atoms with van der Waals surface area (Å²) >= 11 is 0. The van der Waals surface area contributed by atoms with Gasteiger partial charge in [-0.15, -0.1) is 0 Å². The van der Waals surface area contributed by atoms with Crippen LogP contribution in [-0.2, 0) is 4.79 Å². The minimum absolute atomic E-state index is 0.367. The van der Waals surface area contributed by atoms with Crippen molar-refractivity contribution in [3.05, 3.63) is 11.6 Å². The smallest absolute Gasteiger partial charge is 0.155 e. The summed E-state index contributed by atoms with van der Waals surface area (Å²) in [6, 6.07) is 0. The maximum atomic E-state index is 11.9. The van der Waals surface area contributed by atoms with Crippen LogP contribution in [0.5, 0.6) is 0 Å². The molecule has 3 saturated carbocycles. The van der Waals surface area contributed by atoms with Crippen molar-refractivity contribution >= 4 is 5.78 Å². The first-order chi connectivity index (χ1) is 11.1. The number of hydrogen-bond donors (Lipinski definition) is 1. The van der Waals surface area contributed by atoms with Crippen LogP contribution < -0.4 is 0 Å². The molecule has 4 rings (SSSR count). The maximum Gasteiger partial charge on any atom is 0.155 e. The molecule has 0 amide bonds. The summed E-state index contributed by atoms with van der Waals surface area (Å²) < 4.78 is 0. The van der Waals surface area contributed by atoms with E-state index in [0.717, 1.165) is 36.5 Å². The zero-order valence-corrected chi connectivity index (χ0v) is 14.8. The van der Waals surface area contributed by atoms with Gasteiger partial charge in [-0.3, -0.25) is 4.79 Å². The molecule has 0 unspecified atom stereocenters. The fourth-order valence-corrected chi connectivity index (χ4v) is 7.20. The van der Waals surface area contributed by atoms with Crippen LogP contribution in [0, 0.1) is 40.9 Å². The van der Waals surface area contributed by atoms with E-state index in [9.17, 15) is 9.90 Å². The average molecular weight is 316 g/mol. The Balaban J connectivity index is 1.68. The Labute approximate surface area is 140 Å². The lowest BCUT2D eigenvalue weighted by molar-refractivity contribution is -0.116. The normalized spacial score (nSPS) is 49.2. The Morgan fingerprint density at radius 1 is 1.26 bits per heavy atom. The van der Waals surface area contributed by atoms with Crippen LogP contribution in [0.3, 0.4) is 0 Å². The highest BCUT2D eigenvalue weighted by Crippen LogP contribution is 2.65. The fourth-order valence-electron chi connectivity index (χ4n) is 7.20. The molecule has 0 heterocycles. The maximum absolute atomic E-state index is 11.9. The molecule has 23 heavy (non-hydrogen) atoms. The first kappa shape index (κ1) is 15.9. The summed E-state index contributed by atoms with van der Waals surface area (Å²) in [6.07, 6.45) is 11.5. The highest BCUT2D eigenvalue weighted by Gasteiger charge is 2.57. The average Bonchev–Trinajstić information content (AvgIpc) is 2.89. The molecule has 0 saturated heterocycles. The summed E-state index contributed by atoms with van der Waals surface area (Å²) in [5.74, 6) is 4.80. The molecule has 0 radical (unpaired) electrons. The van der Waals surface area contributed by atoms with Crippen molar-refractivity contribution in [1.82, 2.24) is 0 Å². The van der Waals surface area contributed by atoms with Gasteiger partial charge >= 0.3 is 0 Å². The van der Waals surface area contributed by atoms with E-state index in [2.05, 4.69) is 13.8 Å². The Kier molecular flexibility index (Phi) is 3.95. The SMILES string of the molecule is CC[C@@H]1CC2=CC(=O)CC[C@@H]2[C@H]2CC[C@]3(C)[C@H](CO)CC[C@@H]3[C@H]12. The molecular weight excluding hydrogens is 284 g/mol. The van der Waals surface area contributed by atoms with E-state index < -0.39 is 0 Å². The Morgan fingerprint density at radius 3 is 2.83 bits per heavy atom. The number of fused-ring (bicyclic) bond motifs is 5. The van der Waals surface area contributed by atoms with Crippen LogP contribution in [-0.4, -0.2) is 17.5 Å². The largest absolute Gasteiger partial charge is 0.396 e. The third-order valence-electron chi connectivity index (χ3n) is 8.41. The van der Waals surface area contributed by atoms with E-state index in [-0.39, 0.29) is 0 Å². The molecule has 0 bridgehead atoms. The van der Waals surface area contributed by atoms with Gasteiger partial charge in [0, 0.05) is 13.0 Å². The van der Waals surface area contributed by atoms with Crippen LogP contribution in [0.15, 0.2) is 11.6 Å². The second-order valence-electron chi connectivity index (χ2n) is 9.05. The van der Waals surface area contributed by atoms with Crippen LogP contribution in [0.1, 0.15) is 65.2 Å². The lowest BCUT2D eigenvalue weighted by atomic mass is 9.48. The first-order valence-corrected chi connectivity index (χ1v) is 9.92. The fraction of sp³-hybridized carbons (Fsp3) is 0.857. The van der Waals surface area contributed by atoms with Crippen molar-refractivity contribution < 1.29 is 9.90 Å². The van der Waals surface area contributed by atoms with Crippen LogP contribution >= 0.6 is 0 Å². The van der Waals surface area contributed by atoms with E-state index in [1.807, 2.05) is 6.08 Å². The number of aliphatic hydroxyl groups is 1. The van der Waals surface area contributed by atoms with Crippen molar-refractivity contribution in [3.8, 4) is 0 Å². The van der Waals surface area contributed by atoms with E-state index in [4.69, 9.17) is 0 Å². The molecule has 0 aromatic heterocycles. The third-order valence-corrected chi connectivity index (χ3v) is 8.41. The number of allylic oxidation sites excluding steroid dienone is 1. The second-order valence-corrected chi connectivity index (χ2v) is 9.05. The predicted octanol–water partition coefficient (Wildman–Crippen LogP) is 4.37. The predicted molar refractivity (Wildman–Crippen MR) is 91.8 cm³/mol. The molecule has 0 aromatic carbocycles. The van der Waals surface area contributed by atoms with Crippen molar-refractivity contribution in [1.29, 1.82) is 0 Å². The molecule has 3 fully saturated rings. The quantitative estimate of drug-likeness (QED) is 0.821. The number of carbonyl (C=O) groups is 1. The zero-order valence-electron chi connectivity index (χ0n) is 14.8. The van der Waals surface area contributed by atoms with Crippen LogP contribution in [0.2, 0.25) is 0 Å². The van der Waals surface area contributed by atoms with E-state index >= 15 is 0 Å². The van der Waals surface area contributed by atoms with Crippen molar-refractivity contribution in [2.24, 2.45) is 40.9 Å². The van der Waals surface area contributed by atoms with Gasteiger partial charge in [-0.2, -0.15) is 0 Å². The molecule has 2 heteroatoms. The summed E-state index contributed by atoms with van der Waals surface area (Å²) in [4.78, 5) is 11.9. The summed E-state index contributed by atoms with van der Waals surface area (Å²) in [6.45, 7) is 5.20. The van der Waals surface area contributed by atoms with Gasteiger partial charge in [0.2, 0.25) is 0 Å². The summed E-state index contributed by atoms with van der Waals surface area (Å²) in [7, 11) is 0. The van der Waals surface area contributed by atoms with Gasteiger partial charge in [0.15, 0.2) is 5.78 Å². The first-order valence-electron chi connectivity index (χ1n) is 9.92. The van der Waals surface area contributed by atoms with Gasteiger partial charge in [-0.1, -0.05) is 25.8 Å². The molecular formula is C21H32O2. The molecule has 0 aromatic rings. The monoisotopic (exact) mass is 316 g/mol. The summed E-state index contributed by atoms with van der Waals surface area (Å²) in [5.41, 5.74) is 1.87. The number of aliphatic hydroxyl groups excluding tert-OH is 1. The second kappa shape index (κ2) is 5.72. The van der Waals surface area contributed by atoms with Gasteiger partial charge in [0.1, 0.15) is 0 Å². The molecule has 4 aliphatic rings. The Bertz CT molecular complexity index is 522. The highest BCUT2D eigenvalue weighted by molar-refractivity contribution is 5.91. The molecule has 2 nitrogen and oxygen atoms in total. The van der Waals surface area contributed by atoms with E-state index in [1.54, 1.807) is 0 Å². The molecule has 7 atom stereocenters. The standard InChI is InChI=1S/C21H32O2/c1-3-13-10-14-11-16(23)5-6-17(14)18-8-9-21(2)15(12-22)4-7-19(21)20(13)18/h11,13,15,17-20,22H,3-10,12H2,1-2H3/t13-,15+,17+,18-,19-,20-,21-/m1/s1. The van der Waals surface area contributed by atoms with Crippen LogP contribution in [0.4, 0.5) is 0 Å². The topological polar surface area (TPSA) is 37.3 Å². The summed E-state index contributed by atoms with van der Waals surface area (Å²) in [5, 5.41) is 9.86. The Hall–Kier alpha value is -0.630. The van der Waals surface area contributed by atoms with Gasteiger partial charge in [-0.05, 0) is 85.5 Å². The van der Waals surface area contributed by atoms with Crippen molar-refractivity contribution in [3.63, 3.8) is 0 Å². The number of rotatable bonds is 2. The van der Waals surface area contributed by atoms with Crippen LogP contribution in [0.25, 0.3) is 0 Å². The third kappa shape index (κ3) is 2.27. The lowest BCUT2D eigenvalue weighted by Crippen LogP contribution is -2.50. The van der Waals surface area contributed by atoms with Gasteiger partial charge in [0.25, 0.3) is 0 Å². The number of ketones is 1. The van der Waals surface area contributed by atoms with Gasteiger partial charge in [0.05, 0.1) is 0 Å².